The summed E-state index contributed by atoms with van der Waals surface area (Å²) in [6.45, 7) is 0.286. The summed E-state index contributed by atoms with van der Waals surface area (Å²) in [6, 6.07) is 16.1. The number of primary amides is 1. The third-order valence-corrected chi connectivity index (χ3v) is 4.87. The van der Waals surface area contributed by atoms with Crippen LogP contribution >= 0.6 is 0 Å². The van der Waals surface area contributed by atoms with Crippen LogP contribution in [0.4, 0.5) is 5.69 Å². The molecule has 0 spiro atoms. The molecular weight excluding hydrogens is 386 g/mol. The Hall–Kier alpha value is -3.68. The van der Waals surface area contributed by atoms with E-state index < -0.39 is 30.3 Å². The Morgan fingerprint density at radius 3 is 2.50 bits per heavy atom. The van der Waals surface area contributed by atoms with E-state index in [1.54, 1.807) is 17.0 Å². The third-order valence-electron chi connectivity index (χ3n) is 4.87. The van der Waals surface area contributed by atoms with Crippen molar-refractivity contribution in [3.63, 3.8) is 0 Å². The number of ether oxygens (including phenoxy) is 1. The van der Waals surface area contributed by atoms with Gasteiger partial charge < -0.3 is 20.7 Å². The van der Waals surface area contributed by atoms with E-state index in [4.69, 9.17) is 10.5 Å². The van der Waals surface area contributed by atoms with E-state index >= 15 is 0 Å². The van der Waals surface area contributed by atoms with Crippen LogP contribution in [0.1, 0.15) is 22.3 Å². The molecule has 0 bridgehead atoms. The van der Waals surface area contributed by atoms with Crippen LogP contribution in [0.15, 0.2) is 54.6 Å². The zero-order valence-electron chi connectivity index (χ0n) is 16.4. The lowest BCUT2D eigenvalue weighted by molar-refractivity contribution is -0.151. The molecule has 8 heteroatoms. The Morgan fingerprint density at radius 2 is 1.77 bits per heavy atom. The molecule has 1 atom stereocenters. The van der Waals surface area contributed by atoms with Crippen LogP contribution in [-0.2, 0) is 25.5 Å². The first-order chi connectivity index (χ1) is 14.4. The van der Waals surface area contributed by atoms with Crippen molar-refractivity contribution >= 4 is 29.4 Å². The van der Waals surface area contributed by atoms with Crippen LogP contribution in [0, 0.1) is 5.92 Å². The normalized spacial score (nSPS) is 15.7. The second kappa shape index (κ2) is 9.69. The van der Waals surface area contributed by atoms with Crippen molar-refractivity contribution in [2.24, 2.45) is 11.7 Å². The summed E-state index contributed by atoms with van der Waals surface area (Å²) >= 11 is 0. The Bertz CT molecular complexity index is 945. The molecule has 1 heterocycles. The standard InChI is InChI=1S/C22H23N3O5/c23-21(28)17-8-4-5-9-18(17)24-19(26)14-30-22(29)16-12-20(27)25(13-16)11-10-15-6-2-1-3-7-15/h1-9,16H,10-14H2,(H2,23,28)(H,24,26)/t16-/m1/s1. The maximum absolute atomic E-state index is 12.3. The number of rotatable bonds is 8. The molecule has 1 saturated heterocycles. The average Bonchev–Trinajstić information content (AvgIpc) is 3.12. The first-order valence-electron chi connectivity index (χ1n) is 9.61. The number of anilines is 1. The molecule has 1 aliphatic rings. The number of nitrogens with one attached hydrogen (secondary N) is 1. The van der Waals surface area contributed by atoms with Gasteiger partial charge in [-0.2, -0.15) is 0 Å². The highest BCUT2D eigenvalue weighted by Crippen LogP contribution is 2.20. The summed E-state index contributed by atoms with van der Waals surface area (Å²) < 4.78 is 5.07. The predicted octanol–water partition coefficient (Wildman–Crippen LogP) is 1.36. The maximum Gasteiger partial charge on any atom is 0.311 e. The Balaban J connectivity index is 1.46. The van der Waals surface area contributed by atoms with E-state index in [1.807, 2.05) is 30.3 Å². The zero-order chi connectivity index (χ0) is 21.5. The highest BCUT2D eigenvalue weighted by Gasteiger charge is 2.35. The minimum Gasteiger partial charge on any atom is -0.455 e. The molecular formula is C22H23N3O5. The summed E-state index contributed by atoms with van der Waals surface area (Å²) in [5.74, 6) is -2.57. The smallest absolute Gasteiger partial charge is 0.311 e. The van der Waals surface area contributed by atoms with Gasteiger partial charge in [0.25, 0.3) is 11.8 Å². The van der Waals surface area contributed by atoms with Crippen LogP contribution in [-0.4, -0.2) is 48.3 Å². The van der Waals surface area contributed by atoms with Crippen LogP contribution in [0.2, 0.25) is 0 Å². The predicted molar refractivity (Wildman–Crippen MR) is 109 cm³/mol. The van der Waals surface area contributed by atoms with Crippen molar-refractivity contribution in [1.29, 1.82) is 0 Å². The number of carbonyl (C=O) groups is 4. The van der Waals surface area contributed by atoms with Gasteiger partial charge in [-0.3, -0.25) is 19.2 Å². The maximum atomic E-state index is 12.3. The SMILES string of the molecule is NC(=O)c1ccccc1NC(=O)COC(=O)[C@@H]1CC(=O)N(CCc2ccccc2)C1. The van der Waals surface area contributed by atoms with E-state index in [-0.39, 0.29) is 30.1 Å². The van der Waals surface area contributed by atoms with Gasteiger partial charge in [-0.1, -0.05) is 42.5 Å². The first-order valence-corrected chi connectivity index (χ1v) is 9.61. The summed E-state index contributed by atoms with van der Waals surface area (Å²) in [5, 5.41) is 2.50. The fourth-order valence-corrected chi connectivity index (χ4v) is 3.30. The fourth-order valence-electron chi connectivity index (χ4n) is 3.30. The Kier molecular flexibility index (Phi) is 6.79. The van der Waals surface area contributed by atoms with Crippen molar-refractivity contribution in [2.45, 2.75) is 12.8 Å². The van der Waals surface area contributed by atoms with Gasteiger partial charge in [0.05, 0.1) is 17.2 Å². The number of carbonyl (C=O) groups excluding carboxylic acids is 4. The molecule has 0 unspecified atom stereocenters. The highest BCUT2D eigenvalue weighted by atomic mass is 16.5. The van der Waals surface area contributed by atoms with Gasteiger partial charge in [0.15, 0.2) is 6.61 Å². The van der Waals surface area contributed by atoms with Gasteiger partial charge in [0, 0.05) is 19.5 Å². The minimum atomic E-state index is -0.678. The lowest BCUT2D eigenvalue weighted by Gasteiger charge is -2.16. The molecule has 0 aromatic heterocycles. The number of para-hydroxylation sites is 1. The molecule has 2 aromatic rings. The quantitative estimate of drug-likeness (QED) is 0.638. The van der Waals surface area contributed by atoms with Gasteiger partial charge in [0.2, 0.25) is 5.91 Å². The topological polar surface area (TPSA) is 119 Å². The van der Waals surface area contributed by atoms with E-state index in [1.165, 1.54) is 12.1 Å². The van der Waals surface area contributed by atoms with Crippen LogP contribution in [0.25, 0.3) is 0 Å². The fraction of sp³-hybridized carbons (Fsp3) is 0.273. The molecule has 3 amide bonds. The van der Waals surface area contributed by atoms with Crippen LogP contribution in [0.3, 0.4) is 0 Å². The molecule has 1 aliphatic heterocycles. The molecule has 0 aliphatic carbocycles. The van der Waals surface area contributed by atoms with Gasteiger partial charge >= 0.3 is 5.97 Å². The molecule has 1 fully saturated rings. The van der Waals surface area contributed by atoms with Crippen molar-refractivity contribution in [3.05, 3.63) is 65.7 Å². The van der Waals surface area contributed by atoms with E-state index in [2.05, 4.69) is 5.32 Å². The van der Waals surface area contributed by atoms with E-state index in [9.17, 15) is 19.2 Å². The Labute approximate surface area is 174 Å². The molecule has 0 radical (unpaired) electrons. The molecule has 3 rings (SSSR count). The number of nitrogens with two attached hydrogens (primary N) is 1. The summed E-state index contributed by atoms with van der Waals surface area (Å²) in [4.78, 5) is 49.6. The monoisotopic (exact) mass is 409 g/mol. The summed E-state index contributed by atoms with van der Waals surface area (Å²) in [7, 11) is 0. The number of hydrogen-bond donors (Lipinski definition) is 2. The number of esters is 1. The lowest BCUT2D eigenvalue weighted by atomic mass is 10.1. The second-order valence-electron chi connectivity index (χ2n) is 7.04. The number of benzene rings is 2. The molecule has 0 saturated carbocycles. The average molecular weight is 409 g/mol. The van der Waals surface area contributed by atoms with Crippen molar-refractivity contribution in [2.75, 3.05) is 25.0 Å². The lowest BCUT2D eigenvalue weighted by Crippen LogP contribution is -2.30. The van der Waals surface area contributed by atoms with Gasteiger partial charge in [-0.05, 0) is 24.1 Å². The summed E-state index contributed by atoms with van der Waals surface area (Å²) in [5.41, 5.74) is 6.79. The van der Waals surface area contributed by atoms with Crippen molar-refractivity contribution in [3.8, 4) is 0 Å². The Morgan fingerprint density at radius 1 is 1.07 bits per heavy atom. The van der Waals surface area contributed by atoms with E-state index in [0.29, 0.717) is 13.0 Å². The van der Waals surface area contributed by atoms with Gasteiger partial charge in [-0.15, -0.1) is 0 Å². The summed E-state index contributed by atoms with van der Waals surface area (Å²) in [6.07, 6.45) is 0.774. The number of likely N-dealkylation sites (tertiary alicyclic amines) is 1. The molecule has 3 N–H and O–H groups in total. The first kappa shape index (κ1) is 21.0. The number of amides is 3. The molecule has 156 valence electrons. The molecule has 30 heavy (non-hydrogen) atoms. The van der Waals surface area contributed by atoms with Gasteiger partial charge in [0.1, 0.15) is 0 Å². The van der Waals surface area contributed by atoms with Gasteiger partial charge in [-0.25, -0.2) is 0 Å². The largest absolute Gasteiger partial charge is 0.455 e. The van der Waals surface area contributed by atoms with E-state index in [0.717, 1.165) is 5.56 Å². The highest BCUT2D eigenvalue weighted by molar-refractivity contribution is 6.03. The third kappa shape index (κ3) is 5.44. The van der Waals surface area contributed by atoms with Crippen LogP contribution in [0.5, 0.6) is 0 Å². The number of nitrogens with zero attached hydrogens (tertiary/aromatic N) is 1. The minimum absolute atomic E-state index is 0.0692. The van der Waals surface area contributed by atoms with Crippen molar-refractivity contribution in [1.82, 2.24) is 4.90 Å². The molecule has 2 aromatic carbocycles. The molecule has 8 nitrogen and oxygen atoms in total. The van der Waals surface area contributed by atoms with Crippen LogP contribution < -0.4 is 11.1 Å². The number of hydrogen-bond acceptors (Lipinski definition) is 5. The van der Waals surface area contributed by atoms with Crippen molar-refractivity contribution < 1.29 is 23.9 Å². The second-order valence-corrected chi connectivity index (χ2v) is 7.04. The zero-order valence-corrected chi connectivity index (χ0v) is 16.4.